The summed E-state index contributed by atoms with van der Waals surface area (Å²) in [6, 6.07) is -1.06. The van der Waals surface area contributed by atoms with E-state index in [9.17, 15) is 9.59 Å². The maximum atomic E-state index is 11.2. The highest BCUT2D eigenvalue weighted by molar-refractivity contribution is 6.04. The van der Waals surface area contributed by atoms with E-state index in [1.807, 2.05) is 0 Å². The number of rotatable bonds is 1. The standard InChI is InChI=1S/C7H8N4O2/c1-11-3-4(2-8-11)5-6(12)10-7(13)9-5/h2-3,5H,1H3,(H2,9,10,12,13). The van der Waals surface area contributed by atoms with Crippen LogP contribution in [0, 0.1) is 0 Å². The van der Waals surface area contributed by atoms with E-state index in [4.69, 9.17) is 0 Å². The first kappa shape index (κ1) is 7.78. The maximum absolute atomic E-state index is 11.2. The number of hydrogen-bond acceptors (Lipinski definition) is 3. The van der Waals surface area contributed by atoms with Gasteiger partial charge in [0.15, 0.2) is 0 Å². The third-order valence-corrected chi connectivity index (χ3v) is 1.83. The van der Waals surface area contributed by atoms with E-state index in [0.29, 0.717) is 5.56 Å². The molecule has 2 heterocycles. The summed E-state index contributed by atoms with van der Waals surface area (Å²) in [7, 11) is 1.75. The van der Waals surface area contributed by atoms with Gasteiger partial charge in [0.2, 0.25) is 0 Å². The molecule has 1 aliphatic rings. The van der Waals surface area contributed by atoms with E-state index in [-0.39, 0.29) is 5.91 Å². The summed E-state index contributed by atoms with van der Waals surface area (Å²) in [4.78, 5) is 21.9. The van der Waals surface area contributed by atoms with Crippen molar-refractivity contribution in [2.24, 2.45) is 7.05 Å². The highest BCUT2D eigenvalue weighted by atomic mass is 16.2. The summed E-state index contributed by atoms with van der Waals surface area (Å²) >= 11 is 0. The van der Waals surface area contributed by atoms with Gasteiger partial charge in [-0.15, -0.1) is 0 Å². The molecule has 1 aromatic heterocycles. The number of aryl methyl sites for hydroxylation is 1. The summed E-state index contributed by atoms with van der Waals surface area (Å²) < 4.78 is 1.58. The first-order valence-corrected chi connectivity index (χ1v) is 3.77. The Morgan fingerprint density at radius 1 is 1.54 bits per heavy atom. The smallest absolute Gasteiger partial charge is 0.322 e. The van der Waals surface area contributed by atoms with Crippen molar-refractivity contribution in [1.29, 1.82) is 0 Å². The Morgan fingerprint density at radius 3 is 2.77 bits per heavy atom. The fraction of sp³-hybridized carbons (Fsp3) is 0.286. The Balaban J connectivity index is 2.27. The van der Waals surface area contributed by atoms with E-state index in [0.717, 1.165) is 0 Å². The number of imide groups is 1. The van der Waals surface area contributed by atoms with Crippen LogP contribution in [0.4, 0.5) is 4.79 Å². The predicted octanol–water partition coefficient (Wildman–Crippen LogP) is -0.699. The Hall–Kier alpha value is -1.85. The number of amides is 3. The molecule has 6 nitrogen and oxygen atoms in total. The Morgan fingerprint density at radius 2 is 2.31 bits per heavy atom. The van der Waals surface area contributed by atoms with Crippen LogP contribution in [-0.2, 0) is 11.8 Å². The Bertz CT molecular complexity index is 370. The molecule has 1 unspecified atom stereocenters. The number of aromatic nitrogens is 2. The Kier molecular flexibility index (Phi) is 1.54. The van der Waals surface area contributed by atoms with E-state index in [1.165, 1.54) is 0 Å². The average molecular weight is 180 g/mol. The van der Waals surface area contributed by atoms with Gasteiger partial charge in [-0.25, -0.2) is 4.79 Å². The van der Waals surface area contributed by atoms with Crippen molar-refractivity contribution < 1.29 is 9.59 Å². The molecule has 0 bridgehead atoms. The highest BCUT2D eigenvalue weighted by Gasteiger charge is 2.31. The molecule has 1 saturated heterocycles. The molecule has 0 radical (unpaired) electrons. The second-order valence-electron chi connectivity index (χ2n) is 2.84. The molecular formula is C7H8N4O2. The van der Waals surface area contributed by atoms with Gasteiger partial charge in [0.1, 0.15) is 6.04 Å². The summed E-state index contributed by atoms with van der Waals surface area (Å²) in [6.45, 7) is 0. The van der Waals surface area contributed by atoms with Crippen LogP contribution in [0.25, 0.3) is 0 Å². The van der Waals surface area contributed by atoms with E-state index in [1.54, 1.807) is 24.1 Å². The third-order valence-electron chi connectivity index (χ3n) is 1.83. The van der Waals surface area contributed by atoms with Crippen LogP contribution in [0.1, 0.15) is 11.6 Å². The summed E-state index contributed by atoms with van der Waals surface area (Å²) in [6.07, 6.45) is 3.24. The SMILES string of the molecule is Cn1cc(C2NC(=O)NC2=O)cn1. The van der Waals surface area contributed by atoms with Crippen molar-refractivity contribution in [3.8, 4) is 0 Å². The van der Waals surface area contributed by atoms with Gasteiger partial charge in [-0.3, -0.25) is 14.8 Å². The minimum atomic E-state index is -0.596. The number of hydrogen-bond donors (Lipinski definition) is 2. The average Bonchev–Trinajstić information content (AvgIpc) is 2.58. The van der Waals surface area contributed by atoms with Crippen molar-refractivity contribution >= 4 is 11.9 Å². The molecule has 0 saturated carbocycles. The molecule has 1 fully saturated rings. The van der Waals surface area contributed by atoms with E-state index in [2.05, 4.69) is 15.7 Å². The topological polar surface area (TPSA) is 76.0 Å². The number of nitrogens with one attached hydrogen (secondary N) is 2. The molecule has 13 heavy (non-hydrogen) atoms. The molecule has 1 aromatic rings. The van der Waals surface area contributed by atoms with Crippen molar-refractivity contribution in [1.82, 2.24) is 20.4 Å². The zero-order chi connectivity index (χ0) is 9.42. The zero-order valence-electron chi connectivity index (χ0n) is 6.94. The van der Waals surface area contributed by atoms with Crippen LogP contribution in [0.2, 0.25) is 0 Å². The van der Waals surface area contributed by atoms with Gasteiger partial charge in [0.25, 0.3) is 5.91 Å². The lowest BCUT2D eigenvalue weighted by atomic mass is 10.2. The molecule has 0 aliphatic carbocycles. The Labute approximate surface area is 73.9 Å². The van der Waals surface area contributed by atoms with Gasteiger partial charge in [-0.1, -0.05) is 0 Å². The van der Waals surface area contributed by atoms with Gasteiger partial charge in [-0.05, 0) is 0 Å². The van der Waals surface area contributed by atoms with Crippen LogP contribution in [0.15, 0.2) is 12.4 Å². The van der Waals surface area contributed by atoms with Gasteiger partial charge in [-0.2, -0.15) is 5.10 Å². The van der Waals surface area contributed by atoms with Crippen molar-refractivity contribution in [3.63, 3.8) is 0 Å². The lowest BCUT2D eigenvalue weighted by Crippen LogP contribution is -2.22. The van der Waals surface area contributed by atoms with Crippen LogP contribution < -0.4 is 10.6 Å². The van der Waals surface area contributed by atoms with E-state index >= 15 is 0 Å². The normalized spacial score (nSPS) is 21.5. The van der Waals surface area contributed by atoms with Crippen molar-refractivity contribution in [3.05, 3.63) is 18.0 Å². The molecule has 1 aliphatic heterocycles. The number of carbonyl (C=O) groups excluding carboxylic acids is 2. The molecule has 0 spiro atoms. The lowest BCUT2D eigenvalue weighted by Gasteiger charge is -2.01. The van der Waals surface area contributed by atoms with Gasteiger partial charge in [0, 0.05) is 18.8 Å². The summed E-state index contributed by atoms with van der Waals surface area (Å²) in [5, 5.41) is 8.53. The van der Waals surface area contributed by atoms with Gasteiger partial charge < -0.3 is 5.32 Å². The second kappa shape index (κ2) is 2.58. The quantitative estimate of drug-likeness (QED) is 0.561. The van der Waals surface area contributed by atoms with Gasteiger partial charge >= 0.3 is 6.03 Å². The molecule has 2 N–H and O–H groups in total. The van der Waals surface area contributed by atoms with Crippen molar-refractivity contribution in [2.75, 3.05) is 0 Å². The summed E-state index contributed by atoms with van der Waals surface area (Å²) in [5.74, 6) is -0.335. The molecule has 68 valence electrons. The fourth-order valence-corrected chi connectivity index (χ4v) is 1.24. The minimum absolute atomic E-state index is 0.335. The monoisotopic (exact) mass is 180 g/mol. The molecule has 1 atom stereocenters. The van der Waals surface area contributed by atoms with Crippen LogP contribution >= 0.6 is 0 Å². The molecule has 2 rings (SSSR count). The molecular weight excluding hydrogens is 172 g/mol. The largest absolute Gasteiger partial charge is 0.322 e. The predicted molar refractivity (Wildman–Crippen MR) is 42.6 cm³/mol. The highest BCUT2D eigenvalue weighted by Crippen LogP contribution is 2.14. The summed E-state index contributed by atoms with van der Waals surface area (Å²) in [5.41, 5.74) is 0.686. The van der Waals surface area contributed by atoms with Gasteiger partial charge in [0.05, 0.1) is 6.20 Å². The number of nitrogens with zero attached hydrogens (tertiary/aromatic N) is 2. The number of urea groups is 1. The van der Waals surface area contributed by atoms with Crippen LogP contribution in [0.5, 0.6) is 0 Å². The zero-order valence-corrected chi connectivity index (χ0v) is 6.94. The number of carbonyl (C=O) groups is 2. The van der Waals surface area contributed by atoms with Crippen LogP contribution in [0.3, 0.4) is 0 Å². The minimum Gasteiger partial charge on any atom is -0.322 e. The fourth-order valence-electron chi connectivity index (χ4n) is 1.24. The third kappa shape index (κ3) is 1.26. The lowest BCUT2D eigenvalue weighted by molar-refractivity contribution is -0.120. The first-order chi connectivity index (χ1) is 6.16. The van der Waals surface area contributed by atoms with Crippen molar-refractivity contribution in [2.45, 2.75) is 6.04 Å². The first-order valence-electron chi connectivity index (χ1n) is 3.77. The molecule has 3 amide bonds. The maximum Gasteiger partial charge on any atom is 0.322 e. The molecule has 0 aromatic carbocycles. The van der Waals surface area contributed by atoms with Crippen LogP contribution in [-0.4, -0.2) is 21.7 Å². The second-order valence-corrected chi connectivity index (χ2v) is 2.84. The van der Waals surface area contributed by atoms with E-state index < -0.39 is 12.1 Å². The molecule has 6 heteroatoms.